The minimum Gasteiger partial charge on any atom is -0.454 e. The first kappa shape index (κ1) is 14.2. The van der Waals surface area contributed by atoms with Crippen LogP contribution in [-0.4, -0.2) is 18.0 Å². The van der Waals surface area contributed by atoms with Gasteiger partial charge in [-0.1, -0.05) is 32.8 Å². The van der Waals surface area contributed by atoms with Crippen LogP contribution in [0.4, 0.5) is 0 Å². The molecular formula is C16H24O3. The number of ether oxygens (including phenoxy) is 2. The van der Waals surface area contributed by atoms with Crippen LogP contribution in [0.15, 0.2) is 18.2 Å². The summed E-state index contributed by atoms with van der Waals surface area (Å²) in [4.78, 5) is 0. The average molecular weight is 264 g/mol. The van der Waals surface area contributed by atoms with Gasteiger partial charge >= 0.3 is 0 Å². The van der Waals surface area contributed by atoms with Gasteiger partial charge in [-0.25, -0.2) is 0 Å². The van der Waals surface area contributed by atoms with E-state index in [4.69, 9.17) is 9.47 Å². The van der Waals surface area contributed by atoms with Gasteiger partial charge in [0, 0.05) is 5.92 Å². The van der Waals surface area contributed by atoms with E-state index in [1.165, 1.54) is 0 Å². The molecule has 2 rings (SSSR count). The highest BCUT2D eigenvalue weighted by molar-refractivity contribution is 5.45. The molecule has 0 amide bonds. The number of hydrogen-bond donors (Lipinski definition) is 1. The van der Waals surface area contributed by atoms with E-state index in [1.807, 2.05) is 25.1 Å². The van der Waals surface area contributed by atoms with Crippen molar-refractivity contribution in [1.29, 1.82) is 0 Å². The van der Waals surface area contributed by atoms with E-state index in [1.54, 1.807) is 0 Å². The number of fused-ring (bicyclic) bond motifs is 1. The summed E-state index contributed by atoms with van der Waals surface area (Å²) >= 11 is 0. The van der Waals surface area contributed by atoms with Crippen LogP contribution in [0.2, 0.25) is 0 Å². The third kappa shape index (κ3) is 3.21. The zero-order valence-electron chi connectivity index (χ0n) is 12.1. The molecule has 0 bridgehead atoms. The molecule has 0 fully saturated rings. The number of aliphatic hydroxyl groups is 1. The van der Waals surface area contributed by atoms with Crippen molar-refractivity contribution in [3.8, 4) is 11.5 Å². The summed E-state index contributed by atoms with van der Waals surface area (Å²) in [7, 11) is 0. The molecule has 1 aromatic carbocycles. The second kappa shape index (κ2) is 6.29. The number of aliphatic hydroxyl groups excluding tert-OH is 1. The molecule has 0 saturated carbocycles. The van der Waals surface area contributed by atoms with Gasteiger partial charge in [0.05, 0.1) is 6.10 Å². The van der Waals surface area contributed by atoms with Crippen molar-refractivity contribution < 1.29 is 14.6 Å². The number of hydrogen-bond acceptors (Lipinski definition) is 3. The van der Waals surface area contributed by atoms with Gasteiger partial charge < -0.3 is 14.6 Å². The van der Waals surface area contributed by atoms with E-state index in [0.29, 0.717) is 12.7 Å². The molecule has 106 valence electrons. The minimum absolute atomic E-state index is 0.166. The summed E-state index contributed by atoms with van der Waals surface area (Å²) in [5.41, 5.74) is 1.14. The fourth-order valence-electron chi connectivity index (χ4n) is 2.74. The zero-order valence-corrected chi connectivity index (χ0v) is 12.1. The largest absolute Gasteiger partial charge is 0.454 e. The van der Waals surface area contributed by atoms with Gasteiger partial charge in [0.25, 0.3) is 0 Å². The average Bonchev–Trinajstić information content (AvgIpc) is 2.87. The van der Waals surface area contributed by atoms with Gasteiger partial charge in [0.1, 0.15) is 0 Å². The molecule has 1 aliphatic rings. The maximum Gasteiger partial charge on any atom is 0.231 e. The SMILES string of the molecule is CCC(CC)C[C@H](c1ccc2c(c1)OCO2)[C@H](C)O. The first-order chi connectivity index (χ1) is 9.15. The highest BCUT2D eigenvalue weighted by Crippen LogP contribution is 2.37. The Balaban J connectivity index is 2.19. The standard InChI is InChI=1S/C16H24O3/c1-4-12(5-2)8-14(11(3)17)13-6-7-15-16(9-13)19-10-18-15/h6-7,9,11-12,14,17H,4-5,8,10H2,1-3H3/t11-,14-/m0/s1. The van der Waals surface area contributed by atoms with Gasteiger partial charge in [0.2, 0.25) is 6.79 Å². The maximum absolute atomic E-state index is 10.1. The Hall–Kier alpha value is -1.22. The van der Waals surface area contributed by atoms with E-state index >= 15 is 0 Å². The van der Waals surface area contributed by atoms with E-state index in [-0.39, 0.29) is 12.0 Å². The third-order valence-corrected chi connectivity index (χ3v) is 4.15. The molecule has 1 aromatic rings. The Bertz CT molecular complexity index is 410. The van der Waals surface area contributed by atoms with Gasteiger partial charge in [-0.3, -0.25) is 0 Å². The summed E-state index contributed by atoms with van der Waals surface area (Å²) in [5, 5.41) is 10.1. The molecule has 0 spiro atoms. The smallest absolute Gasteiger partial charge is 0.231 e. The number of benzene rings is 1. The van der Waals surface area contributed by atoms with Crippen LogP contribution in [0.1, 0.15) is 51.5 Å². The lowest BCUT2D eigenvalue weighted by Gasteiger charge is -2.25. The highest BCUT2D eigenvalue weighted by Gasteiger charge is 2.23. The minimum atomic E-state index is -0.346. The quantitative estimate of drug-likeness (QED) is 0.851. The van der Waals surface area contributed by atoms with Crippen molar-refractivity contribution in [2.75, 3.05) is 6.79 Å². The molecule has 19 heavy (non-hydrogen) atoms. The molecule has 0 radical (unpaired) electrons. The third-order valence-electron chi connectivity index (χ3n) is 4.15. The van der Waals surface area contributed by atoms with Crippen molar-refractivity contribution in [3.05, 3.63) is 23.8 Å². The van der Waals surface area contributed by atoms with Crippen LogP contribution in [0.25, 0.3) is 0 Å². The van der Waals surface area contributed by atoms with Crippen molar-refractivity contribution in [1.82, 2.24) is 0 Å². The van der Waals surface area contributed by atoms with Gasteiger partial charge in [-0.15, -0.1) is 0 Å². The molecule has 1 heterocycles. The van der Waals surface area contributed by atoms with Crippen LogP contribution in [-0.2, 0) is 0 Å². The molecule has 0 unspecified atom stereocenters. The molecule has 3 nitrogen and oxygen atoms in total. The Morgan fingerprint density at radius 1 is 1.16 bits per heavy atom. The molecule has 1 aliphatic heterocycles. The predicted molar refractivity (Wildman–Crippen MR) is 75.7 cm³/mol. The van der Waals surface area contributed by atoms with E-state index in [2.05, 4.69) is 13.8 Å². The summed E-state index contributed by atoms with van der Waals surface area (Å²) in [5.74, 6) is 2.42. The Labute approximate surface area is 115 Å². The fraction of sp³-hybridized carbons (Fsp3) is 0.625. The van der Waals surface area contributed by atoms with Crippen molar-refractivity contribution in [2.45, 2.75) is 52.1 Å². The fourth-order valence-corrected chi connectivity index (χ4v) is 2.74. The van der Waals surface area contributed by atoms with Crippen LogP contribution < -0.4 is 9.47 Å². The summed E-state index contributed by atoms with van der Waals surface area (Å²) in [6.07, 6.45) is 2.99. The van der Waals surface area contributed by atoms with Gasteiger partial charge in [-0.2, -0.15) is 0 Å². The first-order valence-electron chi connectivity index (χ1n) is 7.23. The van der Waals surface area contributed by atoms with E-state index in [0.717, 1.165) is 36.3 Å². The van der Waals surface area contributed by atoms with Crippen LogP contribution >= 0.6 is 0 Å². The highest BCUT2D eigenvalue weighted by atomic mass is 16.7. The normalized spacial score (nSPS) is 16.7. The summed E-state index contributed by atoms with van der Waals surface area (Å²) in [6, 6.07) is 6.01. The monoisotopic (exact) mass is 264 g/mol. The lowest BCUT2D eigenvalue weighted by atomic mass is 9.83. The lowest BCUT2D eigenvalue weighted by Crippen LogP contribution is -2.18. The summed E-state index contributed by atoms with van der Waals surface area (Å²) in [6.45, 7) is 6.60. The molecule has 3 heteroatoms. The van der Waals surface area contributed by atoms with Crippen molar-refractivity contribution >= 4 is 0 Å². The number of rotatable bonds is 6. The molecule has 1 N–H and O–H groups in total. The topological polar surface area (TPSA) is 38.7 Å². The van der Waals surface area contributed by atoms with Gasteiger partial charge in [-0.05, 0) is 37.0 Å². The Morgan fingerprint density at radius 3 is 2.47 bits per heavy atom. The van der Waals surface area contributed by atoms with Crippen LogP contribution in [0, 0.1) is 5.92 Å². The van der Waals surface area contributed by atoms with Gasteiger partial charge in [0.15, 0.2) is 11.5 Å². The molecule has 0 aliphatic carbocycles. The summed E-state index contributed by atoms with van der Waals surface area (Å²) < 4.78 is 10.8. The predicted octanol–water partition coefficient (Wildman–Crippen LogP) is 3.71. The van der Waals surface area contributed by atoms with Crippen molar-refractivity contribution in [2.24, 2.45) is 5.92 Å². The van der Waals surface area contributed by atoms with Crippen LogP contribution in [0.3, 0.4) is 0 Å². The molecule has 0 saturated heterocycles. The van der Waals surface area contributed by atoms with Crippen molar-refractivity contribution in [3.63, 3.8) is 0 Å². The Kier molecular flexibility index (Phi) is 4.70. The molecule has 0 aromatic heterocycles. The van der Waals surface area contributed by atoms with E-state index < -0.39 is 0 Å². The Morgan fingerprint density at radius 2 is 1.84 bits per heavy atom. The first-order valence-corrected chi connectivity index (χ1v) is 7.23. The lowest BCUT2D eigenvalue weighted by molar-refractivity contribution is 0.146. The second-order valence-corrected chi connectivity index (χ2v) is 5.38. The maximum atomic E-state index is 10.1. The molecule has 2 atom stereocenters. The van der Waals surface area contributed by atoms with E-state index in [9.17, 15) is 5.11 Å². The second-order valence-electron chi connectivity index (χ2n) is 5.38. The molecular weight excluding hydrogens is 240 g/mol. The van der Waals surface area contributed by atoms with Crippen LogP contribution in [0.5, 0.6) is 11.5 Å². The zero-order chi connectivity index (χ0) is 13.8.